The molecule has 1 aromatic rings. The van der Waals surface area contributed by atoms with Crippen molar-refractivity contribution in [1.82, 2.24) is 4.98 Å². The number of hydrogen-bond acceptors (Lipinski definition) is 3. The Morgan fingerprint density at radius 2 is 2.27 bits per heavy atom. The molecule has 0 bridgehead atoms. The van der Waals surface area contributed by atoms with Crippen LogP contribution in [0.4, 0.5) is 6.01 Å². The number of carbonyl (C=O) groups is 1. The van der Waals surface area contributed by atoms with Gasteiger partial charge in [-0.3, -0.25) is 10.1 Å². The highest BCUT2D eigenvalue weighted by Crippen LogP contribution is 1.99. The molecule has 62 valence electrons. The number of nitrogens with one attached hydrogen (secondary N) is 1. The fourth-order valence-electron chi connectivity index (χ4n) is 0.436. The van der Waals surface area contributed by atoms with Gasteiger partial charge >= 0.3 is 6.01 Å². The van der Waals surface area contributed by atoms with E-state index in [2.05, 4.69) is 10.3 Å². The molecular formula is C7H12N2O2. The van der Waals surface area contributed by atoms with E-state index in [0.29, 0.717) is 0 Å². The zero-order chi connectivity index (χ0) is 8.69. The van der Waals surface area contributed by atoms with E-state index in [1.165, 1.54) is 19.4 Å². The lowest BCUT2D eigenvalue weighted by Crippen LogP contribution is -2.05. The third-order valence-electron chi connectivity index (χ3n) is 0.715. The Morgan fingerprint density at radius 3 is 2.64 bits per heavy atom. The predicted octanol–water partition coefficient (Wildman–Crippen LogP) is 1.66. The van der Waals surface area contributed by atoms with E-state index in [1.54, 1.807) is 0 Å². The molecule has 0 unspecified atom stereocenters. The lowest BCUT2D eigenvalue weighted by molar-refractivity contribution is -0.114. The molecule has 1 amide bonds. The van der Waals surface area contributed by atoms with Gasteiger partial charge in [0.25, 0.3) is 0 Å². The van der Waals surface area contributed by atoms with E-state index in [-0.39, 0.29) is 11.9 Å². The summed E-state index contributed by atoms with van der Waals surface area (Å²) < 4.78 is 4.70. The third kappa shape index (κ3) is 4.13. The minimum atomic E-state index is -0.183. The molecule has 1 N–H and O–H groups in total. The number of hydrogen-bond donors (Lipinski definition) is 1. The largest absolute Gasteiger partial charge is 0.432 e. The van der Waals surface area contributed by atoms with Crippen molar-refractivity contribution in [2.24, 2.45) is 0 Å². The van der Waals surface area contributed by atoms with E-state index >= 15 is 0 Å². The minimum Gasteiger partial charge on any atom is -0.432 e. The van der Waals surface area contributed by atoms with Crippen molar-refractivity contribution in [3.8, 4) is 0 Å². The molecule has 0 aromatic carbocycles. The fourth-order valence-corrected chi connectivity index (χ4v) is 0.436. The van der Waals surface area contributed by atoms with Crippen molar-refractivity contribution in [3.05, 3.63) is 12.5 Å². The standard InChI is InChI=1S/C5H6N2O2.C2H6/c1-4(8)7-5-6-2-3-9-5;1-2/h2-3H,1H3,(H,6,7,8);1-2H3. The first-order chi connectivity index (χ1) is 5.29. The van der Waals surface area contributed by atoms with Crippen LogP contribution in [0.2, 0.25) is 0 Å². The van der Waals surface area contributed by atoms with Crippen LogP contribution in [0.3, 0.4) is 0 Å². The summed E-state index contributed by atoms with van der Waals surface area (Å²) in [6.07, 6.45) is 2.86. The van der Waals surface area contributed by atoms with Gasteiger partial charge in [-0.1, -0.05) is 13.8 Å². The molecule has 4 heteroatoms. The first kappa shape index (κ1) is 9.68. The molecule has 4 nitrogen and oxygen atoms in total. The monoisotopic (exact) mass is 156 g/mol. The molecule has 1 rings (SSSR count). The second kappa shape index (κ2) is 5.46. The highest BCUT2D eigenvalue weighted by molar-refractivity contribution is 5.86. The summed E-state index contributed by atoms with van der Waals surface area (Å²) in [6, 6.07) is 0.238. The summed E-state index contributed by atoms with van der Waals surface area (Å²) in [6.45, 7) is 5.39. The van der Waals surface area contributed by atoms with Gasteiger partial charge in [-0.15, -0.1) is 0 Å². The maximum absolute atomic E-state index is 10.3. The van der Waals surface area contributed by atoms with Crippen LogP contribution >= 0.6 is 0 Å². The molecule has 0 saturated heterocycles. The van der Waals surface area contributed by atoms with Crippen LogP contribution in [-0.4, -0.2) is 10.9 Å². The Balaban J connectivity index is 0.000000461. The second-order valence-electron chi connectivity index (χ2n) is 1.52. The van der Waals surface area contributed by atoms with Crippen molar-refractivity contribution < 1.29 is 9.21 Å². The van der Waals surface area contributed by atoms with Gasteiger partial charge in [-0.25, -0.2) is 4.98 Å². The molecular weight excluding hydrogens is 144 g/mol. The van der Waals surface area contributed by atoms with Crippen molar-refractivity contribution in [1.29, 1.82) is 0 Å². The number of rotatable bonds is 1. The van der Waals surface area contributed by atoms with E-state index < -0.39 is 0 Å². The number of carbonyl (C=O) groups excluding carboxylic acids is 1. The topological polar surface area (TPSA) is 55.1 Å². The van der Waals surface area contributed by atoms with Gasteiger partial charge < -0.3 is 4.42 Å². The highest BCUT2D eigenvalue weighted by Gasteiger charge is 1.95. The summed E-state index contributed by atoms with van der Waals surface area (Å²) in [7, 11) is 0. The normalized spacial score (nSPS) is 7.91. The molecule has 0 aliphatic carbocycles. The van der Waals surface area contributed by atoms with E-state index in [0.717, 1.165) is 0 Å². The van der Waals surface area contributed by atoms with E-state index in [1.807, 2.05) is 13.8 Å². The summed E-state index contributed by atoms with van der Waals surface area (Å²) in [5.41, 5.74) is 0. The maximum atomic E-state index is 10.3. The molecule has 1 heterocycles. The van der Waals surface area contributed by atoms with Crippen LogP contribution in [0.1, 0.15) is 20.8 Å². The average Bonchev–Trinajstić information content (AvgIpc) is 2.43. The highest BCUT2D eigenvalue weighted by atomic mass is 16.4. The Bertz CT molecular complexity index is 194. The van der Waals surface area contributed by atoms with Crippen LogP contribution in [0.25, 0.3) is 0 Å². The Kier molecular flexibility index (Phi) is 4.81. The molecule has 0 aliphatic heterocycles. The summed E-state index contributed by atoms with van der Waals surface area (Å²) in [5, 5.41) is 2.37. The first-order valence-corrected chi connectivity index (χ1v) is 3.46. The molecule has 0 aliphatic rings. The molecule has 11 heavy (non-hydrogen) atoms. The SMILES string of the molecule is CC.CC(=O)Nc1ncco1. The molecule has 1 aromatic heterocycles. The average molecular weight is 156 g/mol. The lowest BCUT2D eigenvalue weighted by atomic mass is 10.7. The van der Waals surface area contributed by atoms with Crippen LogP contribution in [-0.2, 0) is 4.79 Å². The number of aromatic nitrogens is 1. The number of anilines is 1. The van der Waals surface area contributed by atoms with Crippen LogP contribution < -0.4 is 5.32 Å². The summed E-state index contributed by atoms with van der Waals surface area (Å²) >= 11 is 0. The number of oxazole rings is 1. The Hall–Kier alpha value is -1.32. The number of nitrogens with zero attached hydrogens (tertiary/aromatic N) is 1. The van der Waals surface area contributed by atoms with Crippen molar-refractivity contribution >= 4 is 11.9 Å². The van der Waals surface area contributed by atoms with Gasteiger partial charge in [0.2, 0.25) is 5.91 Å². The van der Waals surface area contributed by atoms with Gasteiger partial charge in [0, 0.05) is 6.92 Å². The van der Waals surface area contributed by atoms with Gasteiger partial charge in [-0.2, -0.15) is 0 Å². The summed E-state index contributed by atoms with van der Waals surface area (Å²) in [5.74, 6) is -0.183. The quantitative estimate of drug-likeness (QED) is 0.672. The first-order valence-electron chi connectivity index (χ1n) is 3.46. The van der Waals surface area contributed by atoms with E-state index in [4.69, 9.17) is 4.42 Å². The van der Waals surface area contributed by atoms with Crippen molar-refractivity contribution in [3.63, 3.8) is 0 Å². The maximum Gasteiger partial charge on any atom is 0.301 e. The summed E-state index contributed by atoms with van der Waals surface area (Å²) in [4.78, 5) is 14.0. The minimum absolute atomic E-state index is 0.183. The Labute approximate surface area is 65.6 Å². The molecule has 0 saturated carbocycles. The van der Waals surface area contributed by atoms with Crippen molar-refractivity contribution in [2.45, 2.75) is 20.8 Å². The smallest absolute Gasteiger partial charge is 0.301 e. The second-order valence-corrected chi connectivity index (χ2v) is 1.52. The molecule has 0 fully saturated rings. The van der Waals surface area contributed by atoms with Crippen LogP contribution in [0.5, 0.6) is 0 Å². The lowest BCUT2D eigenvalue weighted by Gasteiger charge is -1.89. The van der Waals surface area contributed by atoms with Crippen LogP contribution in [0, 0.1) is 0 Å². The molecule has 0 spiro atoms. The zero-order valence-electron chi connectivity index (χ0n) is 6.92. The van der Waals surface area contributed by atoms with Crippen molar-refractivity contribution in [2.75, 3.05) is 5.32 Å². The zero-order valence-corrected chi connectivity index (χ0v) is 6.92. The predicted molar refractivity (Wildman–Crippen MR) is 42.2 cm³/mol. The molecule has 0 radical (unpaired) electrons. The molecule has 0 atom stereocenters. The number of amides is 1. The van der Waals surface area contributed by atoms with Gasteiger partial charge in [0.15, 0.2) is 0 Å². The third-order valence-corrected chi connectivity index (χ3v) is 0.715. The van der Waals surface area contributed by atoms with E-state index in [9.17, 15) is 4.79 Å². The van der Waals surface area contributed by atoms with Crippen LogP contribution in [0.15, 0.2) is 16.9 Å². The van der Waals surface area contributed by atoms with Gasteiger partial charge in [0.1, 0.15) is 6.26 Å². The van der Waals surface area contributed by atoms with Gasteiger partial charge in [0.05, 0.1) is 6.20 Å². The van der Waals surface area contributed by atoms with Gasteiger partial charge in [-0.05, 0) is 0 Å². The Morgan fingerprint density at radius 1 is 1.64 bits per heavy atom. The fraction of sp³-hybridized carbons (Fsp3) is 0.429.